The van der Waals surface area contributed by atoms with Crippen LogP contribution in [-0.2, 0) is 14.8 Å². The molecule has 0 saturated carbocycles. The van der Waals surface area contributed by atoms with E-state index in [9.17, 15) is 8.42 Å². The number of pyridine rings is 1. The van der Waals surface area contributed by atoms with E-state index in [1.165, 1.54) is 31.1 Å². The molecule has 1 aliphatic rings. The van der Waals surface area contributed by atoms with E-state index in [1.54, 1.807) is 28.8 Å². The van der Waals surface area contributed by atoms with Gasteiger partial charge in [-0.15, -0.1) is 11.8 Å². The third-order valence-electron chi connectivity index (χ3n) is 3.93. The molecule has 0 amide bonds. The molecule has 0 spiro atoms. The Labute approximate surface area is 149 Å². The van der Waals surface area contributed by atoms with E-state index in [0.717, 1.165) is 30.5 Å². The zero-order valence-corrected chi connectivity index (χ0v) is 16.5. The number of hydrogen-bond acceptors (Lipinski definition) is 5. The van der Waals surface area contributed by atoms with E-state index in [2.05, 4.69) is 18.8 Å². The van der Waals surface area contributed by atoms with Gasteiger partial charge >= 0.3 is 0 Å². The molecule has 0 aliphatic carbocycles. The predicted molar refractivity (Wildman–Crippen MR) is 96.0 cm³/mol. The van der Waals surface area contributed by atoms with Crippen LogP contribution in [0.1, 0.15) is 13.8 Å². The Bertz CT molecular complexity index is 618. The second-order valence-corrected chi connectivity index (χ2v) is 9.92. The summed E-state index contributed by atoms with van der Waals surface area (Å²) in [6.07, 6.45) is 1.65. The van der Waals surface area contributed by atoms with Crippen molar-refractivity contribution in [2.24, 2.45) is 5.92 Å². The Morgan fingerprint density at radius 2 is 2.17 bits per heavy atom. The summed E-state index contributed by atoms with van der Waals surface area (Å²) < 4.78 is 31.1. The van der Waals surface area contributed by atoms with Crippen LogP contribution in [0.5, 0.6) is 0 Å². The lowest BCUT2D eigenvalue weighted by molar-refractivity contribution is -0.914. The minimum Gasteiger partial charge on any atom is -0.366 e. The number of hydrogen-bond donors (Lipinski definition) is 1. The maximum absolute atomic E-state index is 12.0. The van der Waals surface area contributed by atoms with Crippen LogP contribution >= 0.6 is 11.8 Å². The molecule has 6 nitrogen and oxygen atoms in total. The Kier molecular flexibility index (Phi) is 7.06. The zero-order valence-electron chi connectivity index (χ0n) is 14.9. The van der Waals surface area contributed by atoms with Gasteiger partial charge in [-0.3, -0.25) is 0 Å². The molecular formula is C16H28N3O3S2+. The van der Waals surface area contributed by atoms with Crippen molar-refractivity contribution in [1.29, 1.82) is 0 Å². The number of morpholine rings is 1. The van der Waals surface area contributed by atoms with Crippen LogP contribution in [0.25, 0.3) is 0 Å². The molecular weight excluding hydrogens is 346 g/mol. The number of ether oxygens (including phenoxy) is 1. The summed E-state index contributed by atoms with van der Waals surface area (Å²) in [5.41, 5.74) is 0. The lowest BCUT2D eigenvalue weighted by Crippen LogP contribution is -3.15. The van der Waals surface area contributed by atoms with Crippen LogP contribution in [0.4, 0.5) is 0 Å². The van der Waals surface area contributed by atoms with Crippen LogP contribution in [0.3, 0.4) is 0 Å². The van der Waals surface area contributed by atoms with Crippen molar-refractivity contribution in [3.8, 4) is 0 Å². The van der Waals surface area contributed by atoms with Crippen molar-refractivity contribution >= 4 is 21.8 Å². The van der Waals surface area contributed by atoms with Gasteiger partial charge in [0.15, 0.2) is 0 Å². The van der Waals surface area contributed by atoms with Gasteiger partial charge in [0, 0.05) is 32.0 Å². The van der Waals surface area contributed by atoms with Gasteiger partial charge in [-0.25, -0.2) is 17.7 Å². The van der Waals surface area contributed by atoms with Crippen LogP contribution < -0.4 is 4.90 Å². The third-order valence-corrected chi connectivity index (χ3v) is 6.80. The maximum Gasteiger partial charge on any atom is 0.244 e. The van der Waals surface area contributed by atoms with Gasteiger partial charge in [0.25, 0.3) is 0 Å². The first-order chi connectivity index (χ1) is 11.3. The molecule has 0 radical (unpaired) electrons. The number of nitrogens with one attached hydrogen (secondary N) is 1. The first-order valence-electron chi connectivity index (χ1n) is 8.25. The van der Waals surface area contributed by atoms with Gasteiger partial charge in [0.05, 0.1) is 18.2 Å². The zero-order chi connectivity index (χ0) is 17.7. The molecule has 1 fully saturated rings. The summed E-state index contributed by atoms with van der Waals surface area (Å²) in [6.45, 7) is 8.59. The molecule has 1 aromatic heterocycles. The fraction of sp³-hybridized carbons (Fsp3) is 0.688. The smallest absolute Gasteiger partial charge is 0.244 e. The monoisotopic (exact) mass is 374 g/mol. The Morgan fingerprint density at radius 3 is 2.75 bits per heavy atom. The largest absolute Gasteiger partial charge is 0.366 e. The van der Waals surface area contributed by atoms with Crippen LogP contribution in [0.2, 0.25) is 0 Å². The number of thioether (sulfide) groups is 1. The second kappa shape index (κ2) is 8.62. The molecule has 1 unspecified atom stereocenters. The number of aromatic nitrogens is 1. The molecule has 1 N–H and O–H groups in total. The lowest BCUT2D eigenvalue weighted by Gasteiger charge is -2.30. The quantitative estimate of drug-likeness (QED) is 0.699. The number of quaternary nitrogens is 1. The molecule has 2 atom stereocenters. The van der Waals surface area contributed by atoms with Gasteiger partial charge in [0.1, 0.15) is 24.1 Å². The van der Waals surface area contributed by atoms with Gasteiger partial charge in [-0.1, -0.05) is 13.8 Å². The SMILES string of the molecule is CC(C)C[NH+]1CCO[C@@H](CSc2ccc(S(=O)(=O)N(C)C)cn2)C1. The van der Waals surface area contributed by atoms with Crippen LogP contribution in [-0.4, -0.2) is 69.9 Å². The van der Waals surface area contributed by atoms with E-state index >= 15 is 0 Å². The molecule has 24 heavy (non-hydrogen) atoms. The van der Waals surface area contributed by atoms with Crippen molar-refractivity contribution < 1.29 is 18.1 Å². The molecule has 2 heterocycles. The van der Waals surface area contributed by atoms with Gasteiger partial charge in [-0.2, -0.15) is 0 Å². The van der Waals surface area contributed by atoms with Crippen molar-refractivity contribution in [2.75, 3.05) is 46.1 Å². The molecule has 0 aromatic carbocycles. The molecule has 8 heteroatoms. The molecule has 0 bridgehead atoms. The fourth-order valence-corrected chi connectivity index (χ4v) is 4.43. The van der Waals surface area contributed by atoms with E-state index in [1.807, 2.05) is 0 Å². The highest BCUT2D eigenvalue weighted by Crippen LogP contribution is 2.20. The van der Waals surface area contributed by atoms with Crippen molar-refractivity contribution in [3.05, 3.63) is 18.3 Å². The van der Waals surface area contributed by atoms with Gasteiger partial charge in [-0.05, 0) is 12.1 Å². The number of rotatable bonds is 7. The van der Waals surface area contributed by atoms with E-state index < -0.39 is 10.0 Å². The van der Waals surface area contributed by atoms with Crippen molar-refractivity contribution in [3.63, 3.8) is 0 Å². The molecule has 1 saturated heterocycles. The molecule has 136 valence electrons. The molecule has 1 aliphatic heterocycles. The Morgan fingerprint density at radius 1 is 1.42 bits per heavy atom. The molecule has 2 rings (SSSR count). The average molecular weight is 375 g/mol. The van der Waals surface area contributed by atoms with Gasteiger partial charge < -0.3 is 9.64 Å². The second-order valence-electron chi connectivity index (χ2n) is 6.73. The molecule has 1 aromatic rings. The third kappa shape index (κ3) is 5.42. The Balaban J connectivity index is 1.88. The minimum absolute atomic E-state index is 0.221. The Hall–Kier alpha value is -0.670. The van der Waals surface area contributed by atoms with E-state index in [0.29, 0.717) is 5.92 Å². The first kappa shape index (κ1) is 19.7. The predicted octanol–water partition coefficient (Wildman–Crippen LogP) is 0.364. The highest BCUT2D eigenvalue weighted by molar-refractivity contribution is 7.99. The maximum atomic E-state index is 12.0. The summed E-state index contributed by atoms with van der Waals surface area (Å²) in [7, 11) is -0.379. The fourth-order valence-electron chi connectivity index (χ4n) is 2.72. The van der Waals surface area contributed by atoms with Crippen LogP contribution in [0.15, 0.2) is 28.3 Å². The van der Waals surface area contributed by atoms with Crippen molar-refractivity contribution in [1.82, 2.24) is 9.29 Å². The number of nitrogens with zero attached hydrogens (tertiary/aromatic N) is 2. The minimum atomic E-state index is -3.41. The lowest BCUT2D eigenvalue weighted by atomic mass is 10.2. The van der Waals surface area contributed by atoms with Crippen molar-refractivity contribution in [2.45, 2.75) is 29.9 Å². The summed E-state index contributed by atoms with van der Waals surface area (Å²) >= 11 is 1.62. The first-order valence-corrected chi connectivity index (χ1v) is 10.7. The summed E-state index contributed by atoms with van der Waals surface area (Å²) in [5.74, 6) is 1.54. The normalized spacial score (nSPS) is 22.2. The topological polar surface area (TPSA) is 63.9 Å². The number of sulfonamides is 1. The standard InChI is InChI=1S/C16H27N3O3S2/c1-13(2)10-19-7-8-22-14(11-19)12-23-16-6-5-15(9-17-16)24(20,21)18(3)4/h5-6,9,13-14H,7-8,10-12H2,1-4H3/p+1/t14-/m1/s1. The van der Waals surface area contributed by atoms with Crippen LogP contribution in [0, 0.1) is 5.92 Å². The van der Waals surface area contributed by atoms with Gasteiger partial charge in [0.2, 0.25) is 10.0 Å². The highest BCUT2D eigenvalue weighted by atomic mass is 32.2. The highest BCUT2D eigenvalue weighted by Gasteiger charge is 2.24. The average Bonchev–Trinajstić information content (AvgIpc) is 2.53. The van der Waals surface area contributed by atoms with E-state index in [-0.39, 0.29) is 11.0 Å². The summed E-state index contributed by atoms with van der Waals surface area (Å²) in [4.78, 5) is 6.09. The summed E-state index contributed by atoms with van der Waals surface area (Å²) in [5, 5.41) is 0.826. The summed E-state index contributed by atoms with van der Waals surface area (Å²) in [6, 6.07) is 3.38. The van der Waals surface area contributed by atoms with E-state index in [4.69, 9.17) is 4.74 Å².